The van der Waals surface area contributed by atoms with E-state index < -0.39 is 34.9 Å². The molecule has 0 aliphatic carbocycles. The van der Waals surface area contributed by atoms with Crippen LogP contribution in [0.15, 0.2) is 46.1 Å². The third-order valence-electron chi connectivity index (χ3n) is 5.90. The zero-order valence-corrected chi connectivity index (χ0v) is 17.5. The van der Waals surface area contributed by atoms with Crippen molar-refractivity contribution in [2.45, 2.75) is 31.5 Å². The van der Waals surface area contributed by atoms with Gasteiger partial charge in [0, 0.05) is 26.8 Å². The molecule has 32 heavy (non-hydrogen) atoms. The Kier molecular flexibility index (Phi) is 5.39. The van der Waals surface area contributed by atoms with Crippen LogP contribution in [0.25, 0.3) is 11.0 Å². The number of nitrogens with zero attached hydrogens (tertiary/aromatic N) is 4. The summed E-state index contributed by atoms with van der Waals surface area (Å²) in [5.41, 5.74) is -1.15. The van der Waals surface area contributed by atoms with E-state index in [1.54, 1.807) is 6.07 Å². The van der Waals surface area contributed by atoms with Gasteiger partial charge in [0.2, 0.25) is 0 Å². The van der Waals surface area contributed by atoms with E-state index in [0.29, 0.717) is 18.5 Å². The highest BCUT2D eigenvalue weighted by molar-refractivity contribution is 5.97. The van der Waals surface area contributed by atoms with Gasteiger partial charge in [-0.25, -0.2) is 9.78 Å². The Labute approximate surface area is 180 Å². The van der Waals surface area contributed by atoms with Crippen molar-refractivity contribution >= 4 is 16.9 Å². The van der Waals surface area contributed by atoms with Gasteiger partial charge in [0.05, 0.1) is 22.6 Å². The number of hydrogen-bond acceptors (Lipinski definition) is 4. The molecule has 0 saturated carbocycles. The number of fused-ring (bicyclic) bond motifs is 1. The zero-order chi connectivity index (χ0) is 23.2. The van der Waals surface area contributed by atoms with Gasteiger partial charge in [-0.15, -0.1) is 0 Å². The zero-order valence-electron chi connectivity index (χ0n) is 17.5. The molecule has 2 aromatic heterocycles. The van der Waals surface area contributed by atoms with Crippen molar-refractivity contribution in [3.63, 3.8) is 0 Å². The molecule has 1 aromatic carbocycles. The number of pyridine rings is 1. The lowest BCUT2D eigenvalue weighted by molar-refractivity contribution is -0.137. The molecule has 10 heteroatoms. The number of aryl methyl sites for hydroxylation is 1. The Morgan fingerprint density at radius 1 is 1.09 bits per heavy atom. The monoisotopic (exact) mass is 446 g/mol. The van der Waals surface area contributed by atoms with Crippen molar-refractivity contribution in [2.75, 3.05) is 6.54 Å². The molecule has 1 aliphatic heterocycles. The molecule has 1 amide bonds. The topological polar surface area (TPSA) is 77.2 Å². The number of likely N-dealkylation sites (tertiary alicyclic amines) is 1. The molecule has 1 aliphatic rings. The van der Waals surface area contributed by atoms with Gasteiger partial charge < -0.3 is 4.90 Å². The smallest absolute Gasteiger partial charge is 0.332 e. The minimum absolute atomic E-state index is 0.119. The predicted octanol–water partition coefficient (Wildman–Crippen LogP) is 3.02. The van der Waals surface area contributed by atoms with Crippen LogP contribution in [0.2, 0.25) is 0 Å². The number of carbonyl (C=O) groups excluding carboxylic acids is 1. The Hall–Kier alpha value is -3.43. The second-order valence-electron chi connectivity index (χ2n) is 7.93. The van der Waals surface area contributed by atoms with E-state index in [-0.39, 0.29) is 16.6 Å². The highest BCUT2D eigenvalue weighted by Gasteiger charge is 2.33. The summed E-state index contributed by atoms with van der Waals surface area (Å²) in [6, 6.07) is 5.90. The molecular formula is C22H21F3N4O3. The fraction of sp³-hybridized carbons (Fsp3) is 0.364. The fourth-order valence-corrected chi connectivity index (χ4v) is 4.19. The van der Waals surface area contributed by atoms with E-state index in [0.717, 1.165) is 29.5 Å². The Balaban J connectivity index is 1.75. The first-order valence-corrected chi connectivity index (χ1v) is 10.1. The number of alkyl halides is 3. The summed E-state index contributed by atoms with van der Waals surface area (Å²) in [5.74, 6) is -0.419. The van der Waals surface area contributed by atoms with Gasteiger partial charge in [-0.2, -0.15) is 13.2 Å². The average Bonchev–Trinajstić information content (AvgIpc) is 2.80. The van der Waals surface area contributed by atoms with Crippen molar-refractivity contribution in [3.05, 3.63) is 74.1 Å². The molecule has 168 valence electrons. The second kappa shape index (κ2) is 7.92. The normalized spacial score (nSPS) is 17.0. The van der Waals surface area contributed by atoms with Gasteiger partial charge in [0.1, 0.15) is 5.65 Å². The van der Waals surface area contributed by atoms with Gasteiger partial charge in [-0.3, -0.25) is 18.7 Å². The predicted molar refractivity (Wildman–Crippen MR) is 111 cm³/mol. The van der Waals surface area contributed by atoms with Crippen LogP contribution in [0, 0.1) is 0 Å². The molecule has 7 nitrogen and oxygen atoms in total. The molecule has 4 rings (SSSR count). The second-order valence-corrected chi connectivity index (χ2v) is 7.93. The molecule has 3 aromatic rings. The summed E-state index contributed by atoms with van der Waals surface area (Å²) < 4.78 is 41.7. The molecule has 0 bridgehead atoms. The third-order valence-corrected chi connectivity index (χ3v) is 5.90. The first-order chi connectivity index (χ1) is 15.1. The fourth-order valence-electron chi connectivity index (χ4n) is 4.19. The summed E-state index contributed by atoms with van der Waals surface area (Å²) in [7, 11) is 2.82. The van der Waals surface area contributed by atoms with Gasteiger partial charge in [-0.1, -0.05) is 12.1 Å². The molecule has 1 unspecified atom stereocenters. The highest BCUT2D eigenvalue weighted by Crippen LogP contribution is 2.36. The number of amides is 1. The lowest BCUT2D eigenvalue weighted by Gasteiger charge is -2.36. The van der Waals surface area contributed by atoms with E-state index in [2.05, 4.69) is 4.98 Å². The molecule has 3 heterocycles. The van der Waals surface area contributed by atoms with Crippen molar-refractivity contribution in [3.8, 4) is 0 Å². The molecule has 0 radical (unpaired) electrons. The number of piperidine rings is 1. The quantitative estimate of drug-likeness (QED) is 0.607. The van der Waals surface area contributed by atoms with Crippen LogP contribution < -0.4 is 11.2 Å². The SMILES string of the molecule is Cn1c(=O)c2cc(C(=O)N3CCCCC3c3cccc(C(F)(F)F)c3)cnc2n(C)c1=O. The van der Waals surface area contributed by atoms with Gasteiger partial charge in [0.25, 0.3) is 11.5 Å². The van der Waals surface area contributed by atoms with Gasteiger partial charge >= 0.3 is 11.9 Å². The van der Waals surface area contributed by atoms with Crippen molar-refractivity contribution in [1.82, 2.24) is 19.0 Å². The number of carbonyl (C=O) groups is 1. The van der Waals surface area contributed by atoms with Crippen molar-refractivity contribution in [1.29, 1.82) is 0 Å². The number of rotatable bonds is 2. The largest absolute Gasteiger partial charge is 0.416 e. The summed E-state index contributed by atoms with van der Waals surface area (Å²) in [6.07, 6.45) is -1.15. The summed E-state index contributed by atoms with van der Waals surface area (Å²) in [6.45, 7) is 0.378. The van der Waals surface area contributed by atoms with Crippen LogP contribution in [0.1, 0.15) is 46.8 Å². The lowest BCUT2D eigenvalue weighted by atomic mass is 9.93. The number of halogens is 3. The maximum Gasteiger partial charge on any atom is 0.416 e. The molecule has 0 N–H and O–H groups in total. The van der Waals surface area contributed by atoms with Crippen LogP contribution in [-0.4, -0.2) is 31.5 Å². The van der Waals surface area contributed by atoms with E-state index in [1.807, 2.05) is 0 Å². The minimum Gasteiger partial charge on any atom is -0.332 e. The van der Waals surface area contributed by atoms with Crippen LogP contribution in [-0.2, 0) is 20.3 Å². The molecule has 0 spiro atoms. The third kappa shape index (κ3) is 3.69. The highest BCUT2D eigenvalue weighted by atomic mass is 19.4. The van der Waals surface area contributed by atoms with E-state index in [4.69, 9.17) is 0 Å². The molecule has 1 fully saturated rings. The Bertz CT molecular complexity index is 1330. The summed E-state index contributed by atoms with van der Waals surface area (Å²) in [4.78, 5) is 43.7. The Morgan fingerprint density at radius 2 is 1.84 bits per heavy atom. The maximum atomic E-state index is 13.3. The van der Waals surface area contributed by atoms with Crippen LogP contribution in [0.4, 0.5) is 13.2 Å². The number of benzene rings is 1. The average molecular weight is 446 g/mol. The van der Waals surface area contributed by atoms with Crippen LogP contribution in [0.3, 0.4) is 0 Å². The molecule has 1 atom stereocenters. The van der Waals surface area contributed by atoms with E-state index in [1.165, 1.54) is 41.9 Å². The van der Waals surface area contributed by atoms with Gasteiger partial charge in [0.15, 0.2) is 0 Å². The number of hydrogen-bond donors (Lipinski definition) is 0. The van der Waals surface area contributed by atoms with Crippen molar-refractivity contribution < 1.29 is 18.0 Å². The summed E-state index contributed by atoms with van der Waals surface area (Å²) in [5, 5.41) is 0.119. The molecule has 1 saturated heterocycles. The summed E-state index contributed by atoms with van der Waals surface area (Å²) >= 11 is 0. The standard InChI is InChI=1S/C22H21F3N4O3/c1-27-18-16(20(31)28(2)21(27)32)11-14(12-26-18)19(30)29-9-4-3-8-17(29)13-6-5-7-15(10-13)22(23,24)25/h5-7,10-12,17H,3-4,8-9H2,1-2H3. The van der Waals surface area contributed by atoms with Crippen LogP contribution in [0.5, 0.6) is 0 Å². The first-order valence-electron chi connectivity index (χ1n) is 10.1. The Morgan fingerprint density at radius 3 is 2.56 bits per heavy atom. The van der Waals surface area contributed by atoms with Crippen LogP contribution >= 0.6 is 0 Å². The van der Waals surface area contributed by atoms with Crippen molar-refractivity contribution in [2.24, 2.45) is 14.1 Å². The lowest BCUT2D eigenvalue weighted by Crippen LogP contribution is -2.39. The van der Waals surface area contributed by atoms with E-state index >= 15 is 0 Å². The van der Waals surface area contributed by atoms with E-state index in [9.17, 15) is 27.6 Å². The maximum absolute atomic E-state index is 13.3. The number of aromatic nitrogens is 3. The first kappa shape index (κ1) is 21.8. The minimum atomic E-state index is -4.47. The molecular weight excluding hydrogens is 425 g/mol. The van der Waals surface area contributed by atoms with Gasteiger partial charge in [-0.05, 0) is 43.0 Å².